The Morgan fingerprint density at radius 2 is 1.69 bits per heavy atom. The van der Waals surface area contributed by atoms with Crippen LogP contribution in [0.5, 0.6) is 5.75 Å². The highest BCUT2D eigenvalue weighted by Gasteiger charge is 2.42. The highest BCUT2D eigenvalue weighted by atomic mass is 32.2. The van der Waals surface area contributed by atoms with Crippen LogP contribution in [0.3, 0.4) is 0 Å². The fraction of sp³-hybridized carbons (Fsp3) is 0.469. The Morgan fingerprint density at radius 1 is 1.07 bits per heavy atom. The van der Waals surface area contributed by atoms with E-state index in [1.165, 1.54) is 28.7 Å². The van der Waals surface area contributed by atoms with E-state index in [4.69, 9.17) is 0 Å². The van der Waals surface area contributed by atoms with Crippen molar-refractivity contribution in [2.45, 2.75) is 85.7 Å². The third kappa shape index (κ3) is 10.5. The molecule has 0 N–H and O–H groups in total. The van der Waals surface area contributed by atoms with Crippen LogP contribution in [0.15, 0.2) is 60.9 Å². The number of hydrogen-bond acceptors (Lipinski definition) is 5. The van der Waals surface area contributed by atoms with Gasteiger partial charge in [-0.05, 0) is 68.2 Å². The number of para-hydroxylation sites is 1. The molecule has 1 unspecified atom stereocenters. The lowest BCUT2D eigenvalue weighted by Crippen LogP contribution is -2.42. The molecule has 42 heavy (non-hydrogen) atoms. The molecule has 10 heteroatoms. The van der Waals surface area contributed by atoms with Crippen LogP contribution in [0.2, 0.25) is 0 Å². The van der Waals surface area contributed by atoms with Gasteiger partial charge in [-0.25, -0.2) is 9.67 Å². The molecule has 4 rings (SSSR count). The molecule has 1 saturated heterocycles. The number of ether oxygens (including phenoxy) is 1. The van der Waals surface area contributed by atoms with E-state index >= 15 is 0 Å². The van der Waals surface area contributed by atoms with Crippen molar-refractivity contribution in [1.29, 1.82) is 0 Å². The van der Waals surface area contributed by atoms with E-state index in [-0.39, 0.29) is 16.5 Å². The zero-order valence-electron chi connectivity index (χ0n) is 26.2. The van der Waals surface area contributed by atoms with Gasteiger partial charge in [0.05, 0.1) is 16.3 Å². The van der Waals surface area contributed by atoms with Crippen LogP contribution < -0.4 is 9.64 Å². The van der Waals surface area contributed by atoms with Crippen LogP contribution >= 0.6 is 11.8 Å². The average Bonchev–Trinajstić information content (AvgIpc) is 3.58. The Bertz CT molecular complexity index is 1240. The van der Waals surface area contributed by atoms with Gasteiger partial charge >= 0.3 is 6.18 Å². The average molecular weight is 607 g/mol. The van der Waals surface area contributed by atoms with Crippen molar-refractivity contribution in [1.82, 2.24) is 14.8 Å². The minimum absolute atomic E-state index is 0.0952. The largest absolute Gasteiger partial charge is 0.484 e. The van der Waals surface area contributed by atoms with E-state index in [1.54, 1.807) is 30.0 Å². The third-order valence-corrected chi connectivity index (χ3v) is 7.50. The van der Waals surface area contributed by atoms with Crippen molar-refractivity contribution in [3.63, 3.8) is 0 Å². The second kappa shape index (κ2) is 17.6. The zero-order chi connectivity index (χ0) is 31.9. The quantitative estimate of drug-likeness (QED) is 0.268. The summed E-state index contributed by atoms with van der Waals surface area (Å²) in [7, 11) is 0. The Hall–Kier alpha value is -3.27. The number of hydrogen-bond donors (Lipinski definition) is 0. The molecule has 1 aliphatic heterocycles. The van der Waals surface area contributed by atoms with E-state index < -0.39 is 12.8 Å². The molecular formula is C32H45F3N4O2S. The Kier molecular flexibility index (Phi) is 15.4. The van der Waals surface area contributed by atoms with Gasteiger partial charge < -0.3 is 4.74 Å². The number of anilines is 1. The van der Waals surface area contributed by atoms with Crippen LogP contribution in [0.25, 0.3) is 11.8 Å². The van der Waals surface area contributed by atoms with Gasteiger partial charge in [0, 0.05) is 5.69 Å². The van der Waals surface area contributed by atoms with Crippen LogP contribution in [0, 0.1) is 0 Å². The summed E-state index contributed by atoms with van der Waals surface area (Å²) in [5.74, 6) is 1.97. The summed E-state index contributed by atoms with van der Waals surface area (Å²) >= 11 is 1.75. The molecule has 0 bridgehead atoms. The van der Waals surface area contributed by atoms with E-state index in [2.05, 4.69) is 60.7 Å². The lowest BCUT2D eigenvalue weighted by molar-refractivity contribution is -0.153. The summed E-state index contributed by atoms with van der Waals surface area (Å²) in [5, 5.41) is 4.18. The molecule has 2 heterocycles. The lowest BCUT2D eigenvalue weighted by atomic mass is 9.99. The van der Waals surface area contributed by atoms with Gasteiger partial charge in [-0.2, -0.15) is 13.2 Å². The minimum atomic E-state index is -4.34. The smallest absolute Gasteiger partial charge is 0.422 e. The first-order valence-electron chi connectivity index (χ1n) is 14.4. The molecule has 2 aromatic carbocycles. The van der Waals surface area contributed by atoms with Crippen LogP contribution in [0.1, 0.15) is 86.0 Å². The monoisotopic (exact) mass is 606 g/mol. The minimum Gasteiger partial charge on any atom is -0.484 e. The number of alkyl halides is 3. The molecule has 1 aliphatic rings. The molecule has 1 fully saturated rings. The van der Waals surface area contributed by atoms with Crippen molar-refractivity contribution in [3.05, 3.63) is 72.3 Å². The molecule has 0 aliphatic carbocycles. The van der Waals surface area contributed by atoms with E-state index in [0.717, 1.165) is 12.1 Å². The molecule has 1 amide bonds. The van der Waals surface area contributed by atoms with Crippen molar-refractivity contribution in [2.24, 2.45) is 0 Å². The van der Waals surface area contributed by atoms with Crippen LogP contribution in [-0.2, 0) is 4.79 Å². The molecule has 232 valence electrons. The third-order valence-electron chi connectivity index (χ3n) is 6.01. The van der Waals surface area contributed by atoms with Gasteiger partial charge in [0.15, 0.2) is 12.4 Å². The Morgan fingerprint density at radius 3 is 2.24 bits per heavy atom. The molecule has 0 saturated carbocycles. The normalized spacial score (nSPS) is 16.3. The van der Waals surface area contributed by atoms with E-state index in [1.807, 2.05) is 51.7 Å². The molecular weight excluding hydrogens is 561 g/mol. The maximum atomic E-state index is 12.2. The molecule has 6 nitrogen and oxygen atoms in total. The SMILES string of the molecule is C/C=C/c1ncn(-c2ccc(OCC(F)(F)F)cc2)n1.CC.CC.CCC1(C)SCC(=O)N1c1ccccc1C(C)C. The summed E-state index contributed by atoms with van der Waals surface area (Å²) in [4.78, 5) is 18.2. The predicted octanol–water partition coefficient (Wildman–Crippen LogP) is 9.31. The van der Waals surface area contributed by atoms with E-state index in [9.17, 15) is 18.0 Å². The van der Waals surface area contributed by atoms with Crippen LogP contribution in [0.4, 0.5) is 18.9 Å². The second-order valence-corrected chi connectivity index (χ2v) is 10.7. The fourth-order valence-corrected chi connectivity index (χ4v) is 5.02. The summed E-state index contributed by atoms with van der Waals surface area (Å²) < 4.78 is 42.2. The number of halogens is 3. The number of rotatable bonds is 7. The first kappa shape index (κ1) is 36.8. The number of allylic oxidation sites excluding steroid dienone is 1. The topological polar surface area (TPSA) is 60.2 Å². The van der Waals surface area contributed by atoms with Gasteiger partial charge in [-0.1, -0.05) is 72.7 Å². The van der Waals surface area contributed by atoms with Crippen molar-refractivity contribution >= 4 is 29.4 Å². The van der Waals surface area contributed by atoms with Crippen molar-refractivity contribution in [2.75, 3.05) is 17.3 Å². The second-order valence-electron chi connectivity index (χ2n) is 9.21. The number of carbonyl (C=O) groups excluding carboxylic acids is 1. The summed E-state index contributed by atoms with van der Waals surface area (Å²) in [6.45, 7) is 17.2. The number of thioether (sulfide) groups is 1. The Balaban J connectivity index is 0.000000377. The van der Waals surface area contributed by atoms with E-state index in [0.29, 0.717) is 23.2 Å². The number of carbonyl (C=O) groups is 1. The number of aromatic nitrogens is 3. The number of amides is 1. The summed E-state index contributed by atoms with van der Waals surface area (Å²) in [5.41, 5.74) is 3.03. The molecule has 0 spiro atoms. The molecule has 0 radical (unpaired) electrons. The number of benzene rings is 2. The zero-order valence-corrected chi connectivity index (χ0v) is 27.0. The first-order chi connectivity index (χ1) is 20.0. The molecule has 3 aromatic rings. The number of nitrogens with zero attached hydrogens (tertiary/aromatic N) is 4. The van der Waals surface area contributed by atoms with Gasteiger partial charge in [0.25, 0.3) is 0 Å². The van der Waals surface area contributed by atoms with Gasteiger partial charge in [0.1, 0.15) is 12.1 Å². The highest BCUT2D eigenvalue weighted by molar-refractivity contribution is 8.02. The van der Waals surface area contributed by atoms with Crippen molar-refractivity contribution < 1.29 is 22.7 Å². The fourth-order valence-electron chi connectivity index (χ4n) is 3.92. The Labute approximate surface area is 253 Å². The summed E-state index contributed by atoms with van der Waals surface area (Å²) in [6.07, 6.45) is 1.72. The maximum absolute atomic E-state index is 12.2. The molecule has 1 aromatic heterocycles. The first-order valence-corrected chi connectivity index (χ1v) is 15.4. The molecule has 1 atom stereocenters. The van der Waals surface area contributed by atoms with Crippen LogP contribution in [-0.4, -0.2) is 44.1 Å². The predicted molar refractivity (Wildman–Crippen MR) is 169 cm³/mol. The van der Waals surface area contributed by atoms with Gasteiger partial charge in [0.2, 0.25) is 5.91 Å². The summed E-state index contributed by atoms with van der Waals surface area (Å²) in [6, 6.07) is 14.4. The highest BCUT2D eigenvalue weighted by Crippen LogP contribution is 2.44. The maximum Gasteiger partial charge on any atom is 0.422 e. The van der Waals surface area contributed by atoms with Gasteiger partial charge in [-0.15, -0.1) is 16.9 Å². The lowest BCUT2D eigenvalue weighted by Gasteiger charge is -2.35. The van der Waals surface area contributed by atoms with Gasteiger partial charge in [-0.3, -0.25) is 9.69 Å². The standard InChI is InChI=1S/C15H21NOS.C13H12F3N3O.2C2H6/c1-5-15(4)16(14(17)10-18-15)13-9-7-6-8-12(13)11(2)3;1-2-3-12-17-9-19(18-12)10-4-6-11(7-5-10)20-8-13(14,15)16;2*1-2/h6-9,11H,5,10H2,1-4H3;2-7,9H,8H2,1H3;2*1-2H3/b;3-2+;;. The van der Waals surface area contributed by atoms with Crippen molar-refractivity contribution in [3.8, 4) is 11.4 Å².